The number of aromatic nitrogens is 2. The molecular weight excluding hydrogens is 224 g/mol. The molecule has 0 amide bonds. The maximum Gasteiger partial charge on any atom is 0.203 e. The Kier molecular flexibility index (Phi) is 2.40. The monoisotopic (exact) mass is 246 g/mol. The first-order chi connectivity index (χ1) is 8.81. The van der Waals surface area contributed by atoms with Gasteiger partial charge in [0.25, 0.3) is 0 Å². The molecule has 1 N–H and O–H groups in total. The lowest BCUT2D eigenvalue weighted by Gasteiger charge is -2.23. The Morgan fingerprint density at radius 2 is 2.06 bits per heavy atom. The Bertz CT molecular complexity index is 449. The fourth-order valence-corrected chi connectivity index (χ4v) is 3.67. The molecule has 3 fully saturated rings. The molecule has 4 rings (SSSR count). The molecule has 0 radical (unpaired) electrons. The molecule has 18 heavy (non-hydrogen) atoms. The number of nitrogens with zero attached hydrogens (tertiary/aromatic N) is 3. The molecule has 0 bridgehead atoms. The molecule has 2 saturated heterocycles. The third-order valence-electron chi connectivity index (χ3n) is 4.69. The van der Waals surface area contributed by atoms with Gasteiger partial charge < -0.3 is 9.88 Å². The molecule has 2 aliphatic heterocycles. The number of rotatable bonds is 3. The van der Waals surface area contributed by atoms with Gasteiger partial charge >= 0.3 is 0 Å². The average Bonchev–Trinajstić information content (AvgIpc) is 2.73. The zero-order valence-corrected chi connectivity index (χ0v) is 11.1. The summed E-state index contributed by atoms with van der Waals surface area (Å²) < 4.78 is 2.43. The molecule has 3 aliphatic rings. The molecule has 0 aromatic carbocycles. The molecule has 1 saturated carbocycles. The van der Waals surface area contributed by atoms with Crippen LogP contribution < -0.4 is 5.32 Å². The summed E-state index contributed by atoms with van der Waals surface area (Å²) in [4.78, 5) is 7.35. The second-order valence-corrected chi connectivity index (χ2v) is 6.13. The van der Waals surface area contributed by atoms with E-state index in [0.717, 1.165) is 17.7 Å². The maximum atomic E-state index is 4.68. The lowest BCUT2D eigenvalue weighted by atomic mass is 10.1. The second-order valence-electron chi connectivity index (χ2n) is 6.13. The van der Waals surface area contributed by atoms with Gasteiger partial charge in [-0.1, -0.05) is 0 Å². The van der Waals surface area contributed by atoms with Crippen molar-refractivity contribution in [3.8, 4) is 0 Å². The summed E-state index contributed by atoms with van der Waals surface area (Å²) in [6.07, 6.45) is 8.90. The molecular formula is C14H22N4. The van der Waals surface area contributed by atoms with Gasteiger partial charge in [-0.25, -0.2) is 4.98 Å². The number of hydrogen-bond acceptors (Lipinski definition) is 3. The van der Waals surface area contributed by atoms with Gasteiger partial charge in [0.05, 0.1) is 11.7 Å². The van der Waals surface area contributed by atoms with Crippen LogP contribution in [0.1, 0.15) is 43.8 Å². The minimum absolute atomic E-state index is 0.648. The smallest absolute Gasteiger partial charge is 0.203 e. The van der Waals surface area contributed by atoms with Gasteiger partial charge in [0.15, 0.2) is 0 Å². The summed E-state index contributed by atoms with van der Waals surface area (Å²) in [6.45, 7) is 4.69. The Morgan fingerprint density at radius 3 is 2.89 bits per heavy atom. The van der Waals surface area contributed by atoms with Crippen molar-refractivity contribution in [2.75, 3.05) is 18.4 Å². The fraction of sp³-hybridized carbons (Fsp3) is 0.786. The number of imidazole rings is 1. The number of fused-ring (bicyclic) bond motifs is 1. The van der Waals surface area contributed by atoms with E-state index in [2.05, 4.69) is 32.9 Å². The summed E-state index contributed by atoms with van der Waals surface area (Å²) in [5.74, 6) is 1.12. The first-order valence-corrected chi connectivity index (χ1v) is 7.37. The van der Waals surface area contributed by atoms with Crippen LogP contribution in [-0.4, -0.2) is 39.6 Å². The first kappa shape index (κ1) is 10.9. The van der Waals surface area contributed by atoms with E-state index < -0.39 is 0 Å². The largest absolute Gasteiger partial charge is 0.353 e. The standard InChI is InChI=1S/C14H22N4/c1-10-9-18(14(15-10)16-11-4-5-11)13-6-8-17-7-2-3-12(13)17/h9,11-13H,2-8H2,1H3,(H,15,16). The van der Waals surface area contributed by atoms with Crippen LogP contribution in [0.3, 0.4) is 0 Å². The van der Waals surface area contributed by atoms with Gasteiger partial charge in [-0.15, -0.1) is 0 Å². The van der Waals surface area contributed by atoms with Gasteiger partial charge in [0, 0.05) is 24.8 Å². The number of hydrogen-bond donors (Lipinski definition) is 1. The molecule has 2 atom stereocenters. The molecule has 0 spiro atoms. The van der Waals surface area contributed by atoms with Crippen LogP contribution in [0, 0.1) is 6.92 Å². The van der Waals surface area contributed by atoms with Crippen molar-refractivity contribution in [2.24, 2.45) is 0 Å². The average molecular weight is 246 g/mol. The Balaban J connectivity index is 1.62. The highest BCUT2D eigenvalue weighted by Crippen LogP contribution is 2.38. The van der Waals surface area contributed by atoms with E-state index in [-0.39, 0.29) is 0 Å². The Labute approximate surface area is 108 Å². The molecule has 2 unspecified atom stereocenters. The number of aryl methyl sites for hydroxylation is 1. The van der Waals surface area contributed by atoms with Crippen LogP contribution in [0.5, 0.6) is 0 Å². The lowest BCUT2D eigenvalue weighted by Crippen LogP contribution is -2.28. The highest BCUT2D eigenvalue weighted by molar-refractivity contribution is 5.33. The Morgan fingerprint density at radius 1 is 1.17 bits per heavy atom. The summed E-state index contributed by atoms with van der Waals surface area (Å²) in [5, 5.41) is 3.60. The third-order valence-corrected chi connectivity index (χ3v) is 4.69. The lowest BCUT2D eigenvalue weighted by molar-refractivity contribution is 0.291. The highest BCUT2D eigenvalue weighted by Gasteiger charge is 2.39. The summed E-state index contributed by atoms with van der Waals surface area (Å²) >= 11 is 0. The van der Waals surface area contributed by atoms with Gasteiger partial charge in [0.2, 0.25) is 5.95 Å². The zero-order valence-electron chi connectivity index (χ0n) is 11.1. The van der Waals surface area contributed by atoms with Crippen molar-refractivity contribution in [1.29, 1.82) is 0 Å². The van der Waals surface area contributed by atoms with E-state index in [1.807, 2.05) is 0 Å². The Hall–Kier alpha value is -1.03. The van der Waals surface area contributed by atoms with Gasteiger partial charge in [-0.05, 0) is 45.6 Å². The van der Waals surface area contributed by atoms with E-state index in [9.17, 15) is 0 Å². The van der Waals surface area contributed by atoms with Crippen LogP contribution in [0.25, 0.3) is 0 Å². The van der Waals surface area contributed by atoms with Crippen LogP contribution in [-0.2, 0) is 0 Å². The van der Waals surface area contributed by atoms with Crippen molar-refractivity contribution in [1.82, 2.24) is 14.5 Å². The van der Waals surface area contributed by atoms with E-state index >= 15 is 0 Å². The topological polar surface area (TPSA) is 33.1 Å². The molecule has 1 aliphatic carbocycles. The van der Waals surface area contributed by atoms with Crippen molar-refractivity contribution >= 4 is 5.95 Å². The normalized spacial score (nSPS) is 31.8. The van der Waals surface area contributed by atoms with E-state index in [1.54, 1.807) is 0 Å². The minimum atomic E-state index is 0.648. The molecule has 4 nitrogen and oxygen atoms in total. The van der Waals surface area contributed by atoms with E-state index in [0.29, 0.717) is 12.1 Å². The predicted molar refractivity (Wildman–Crippen MR) is 71.9 cm³/mol. The summed E-state index contributed by atoms with van der Waals surface area (Å²) in [7, 11) is 0. The van der Waals surface area contributed by atoms with Crippen molar-refractivity contribution in [3.63, 3.8) is 0 Å². The minimum Gasteiger partial charge on any atom is -0.353 e. The van der Waals surface area contributed by atoms with E-state index in [1.165, 1.54) is 45.2 Å². The van der Waals surface area contributed by atoms with E-state index in [4.69, 9.17) is 0 Å². The molecule has 1 aromatic heterocycles. The number of nitrogens with one attached hydrogen (secondary N) is 1. The quantitative estimate of drug-likeness (QED) is 0.887. The van der Waals surface area contributed by atoms with Gasteiger partial charge in [-0.2, -0.15) is 0 Å². The maximum absolute atomic E-state index is 4.68. The van der Waals surface area contributed by atoms with Crippen LogP contribution in [0.4, 0.5) is 5.95 Å². The van der Waals surface area contributed by atoms with Crippen LogP contribution >= 0.6 is 0 Å². The van der Waals surface area contributed by atoms with Gasteiger partial charge in [0.1, 0.15) is 0 Å². The second kappa shape index (κ2) is 3.98. The molecule has 98 valence electrons. The van der Waals surface area contributed by atoms with Crippen molar-refractivity contribution in [2.45, 2.75) is 57.2 Å². The zero-order chi connectivity index (χ0) is 12.1. The summed E-state index contributed by atoms with van der Waals surface area (Å²) in [6, 6.07) is 2.10. The first-order valence-electron chi connectivity index (χ1n) is 7.37. The number of anilines is 1. The predicted octanol–water partition coefficient (Wildman–Crippen LogP) is 2.18. The SMILES string of the molecule is Cc1cn(C2CCN3CCCC23)c(NC2CC2)n1. The van der Waals surface area contributed by atoms with Crippen LogP contribution in [0.15, 0.2) is 6.20 Å². The highest BCUT2D eigenvalue weighted by atomic mass is 15.3. The molecule has 3 heterocycles. The fourth-order valence-electron chi connectivity index (χ4n) is 3.67. The third kappa shape index (κ3) is 1.74. The van der Waals surface area contributed by atoms with Crippen molar-refractivity contribution in [3.05, 3.63) is 11.9 Å². The molecule has 4 heteroatoms. The molecule has 1 aromatic rings. The van der Waals surface area contributed by atoms with Crippen LogP contribution in [0.2, 0.25) is 0 Å². The van der Waals surface area contributed by atoms with Crippen molar-refractivity contribution < 1.29 is 0 Å². The summed E-state index contributed by atoms with van der Waals surface area (Å²) in [5.41, 5.74) is 1.15. The van der Waals surface area contributed by atoms with Gasteiger partial charge in [-0.3, -0.25) is 4.90 Å².